The lowest BCUT2D eigenvalue weighted by Crippen LogP contribution is -2.38. The summed E-state index contributed by atoms with van der Waals surface area (Å²) in [5, 5.41) is 9.98. The molecule has 3 nitrogen and oxygen atoms in total. The van der Waals surface area contributed by atoms with Gasteiger partial charge < -0.3 is 14.6 Å². The van der Waals surface area contributed by atoms with Gasteiger partial charge in [-0.15, -0.1) is 0 Å². The maximum atomic E-state index is 9.98. The molecule has 1 aliphatic heterocycles. The van der Waals surface area contributed by atoms with Crippen LogP contribution in [0.1, 0.15) is 46.0 Å². The predicted molar refractivity (Wildman–Crippen MR) is 66.9 cm³/mol. The second-order valence-corrected chi connectivity index (χ2v) is 5.89. The van der Waals surface area contributed by atoms with Crippen molar-refractivity contribution >= 4 is 0 Å². The lowest BCUT2D eigenvalue weighted by atomic mass is 9.79. The molecule has 0 radical (unpaired) electrons. The molecule has 2 aliphatic rings. The van der Waals surface area contributed by atoms with E-state index in [1.54, 1.807) is 0 Å². The second kappa shape index (κ2) is 6.17. The Labute approximate surface area is 104 Å². The van der Waals surface area contributed by atoms with Crippen molar-refractivity contribution in [2.75, 3.05) is 13.2 Å². The fourth-order valence-corrected chi connectivity index (χ4v) is 2.94. The molecule has 4 unspecified atom stereocenters. The third-order valence-corrected chi connectivity index (χ3v) is 4.26. The number of rotatable bonds is 4. The average molecular weight is 242 g/mol. The molecule has 17 heavy (non-hydrogen) atoms. The fraction of sp³-hybridized carbons (Fsp3) is 1.00. The summed E-state index contributed by atoms with van der Waals surface area (Å²) in [6, 6.07) is 0. The smallest absolute Gasteiger partial charge is 0.0838 e. The molecule has 1 N–H and O–H groups in total. The van der Waals surface area contributed by atoms with E-state index < -0.39 is 0 Å². The first-order chi connectivity index (χ1) is 8.16. The number of aliphatic hydroxyl groups excluding tert-OH is 1. The Bertz CT molecular complexity index is 224. The van der Waals surface area contributed by atoms with Gasteiger partial charge in [0.25, 0.3) is 0 Å². The lowest BCUT2D eigenvalue weighted by Gasteiger charge is -2.35. The van der Waals surface area contributed by atoms with Crippen molar-refractivity contribution in [3.63, 3.8) is 0 Å². The fourth-order valence-electron chi connectivity index (χ4n) is 2.94. The highest BCUT2D eigenvalue weighted by molar-refractivity contribution is 4.82. The van der Waals surface area contributed by atoms with Gasteiger partial charge in [0.15, 0.2) is 0 Å². The second-order valence-electron chi connectivity index (χ2n) is 5.89. The van der Waals surface area contributed by atoms with Crippen LogP contribution in [0.25, 0.3) is 0 Å². The highest BCUT2D eigenvalue weighted by Gasteiger charge is 2.32. The molecule has 0 bridgehead atoms. The van der Waals surface area contributed by atoms with Gasteiger partial charge in [-0.1, -0.05) is 13.8 Å². The van der Waals surface area contributed by atoms with Crippen LogP contribution < -0.4 is 0 Å². The van der Waals surface area contributed by atoms with E-state index in [-0.39, 0.29) is 18.3 Å². The topological polar surface area (TPSA) is 38.7 Å². The van der Waals surface area contributed by atoms with Crippen molar-refractivity contribution in [3.05, 3.63) is 0 Å². The SMILES string of the molecule is CC(C)C1CCC(O)C(OCC2CCCO2)C1. The molecule has 100 valence electrons. The molecular formula is C14H26O3. The van der Waals surface area contributed by atoms with Gasteiger partial charge in [-0.2, -0.15) is 0 Å². The minimum atomic E-state index is -0.272. The van der Waals surface area contributed by atoms with Crippen LogP contribution in [0.3, 0.4) is 0 Å². The molecule has 1 saturated heterocycles. The maximum absolute atomic E-state index is 9.98. The van der Waals surface area contributed by atoms with Crippen molar-refractivity contribution in [1.82, 2.24) is 0 Å². The molecule has 0 amide bonds. The Morgan fingerprint density at radius 2 is 2.12 bits per heavy atom. The van der Waals surface area contributed by atoms with Gasteiger partial charge in [-0.25, -0.2) is 0 Å². The first kappa shape index (κ1) is 13.3. The van der Waals surface area contributed by atoms with Crippen molar-refractivity contribution in [2.45, 2.75) is 64.3 Å². The Kier molecular flexibility index (Phi) is 4.83. The van der Waals surface area contributed by atoms with Crippen LogP contribution in [0, 0.1) is 11.8 Å². The van der Waals surface area contributed by atoms with Crippen LogP contribution in [-0.2, 0) is 9.47 Å². The molecule has 4 atom stereocenters. The third kappa shape index (κ3) is 3.67. The summed E-state index contributed by atoms with van der Waals surface area (Å²) in [6.07, 6.45) is 5.31. The van der Waals surface area contributed by atoms with E-state index in [1.807, 2.05) is 0 Å². The molecule has 0 aromatic rings. The van der Waals surface area contributed by atoms with E-state index >= 15 is 0 Å². The van der Waals surface area contributed by atoms with Crippen molar-refractivity contribution in [2.24, 2.45) is 11.8 Å². The first-order valence-corrected chi connectivity index (χ1v) is 7.08. The number of aliphatic hydroxyl groups is 1. The van der Waals surface area contributed by atoms with E-state index in [0.717, 1.165) is 38.7 Å². The van der Waals surface area contributed by atoms with Gasteiger partial charge in [0.05, 0.1) is 24.9 Å². The summed E-state index contributed by atoms with van der Waals surface area (Å²) in [5.74, 6) is 1.39. The van der Waals surface area contributed by atoms with Crippen LogP contribution in [-0.4, -0.2) is 36.6 Å². The molecule has 3 heteroatoms. The van der Waals surface area contributed by atoms with Crippen molar-refractivity contribution < 1.29 is 14.6 Å². The number of hydrogen-bond acceptors (Lipinski definition) is 3. The summed E-state index contributed by atoms with van der Waals surface area (Å²) in [5.41, 5.74) is 0. The van der Waals surface area contributed by atoms with Crippen LogP contribution in [0.15, 0.2) is 0 Å². The monoisotopic (exact) mass is 242 g/mol. The van der Waals surface area contributed by atoms with Gasteiger partial charge >= 0.3 is 0 Å². The highest BCUT2D eigenvalue weighted by atomic mass is 16.5. The van der Waals surface area contributed by atoms with Crippen LogP contribution in [0.4, 0.5) is 0 Å². The molecule has 2 rings (SSSR count). The van der Waals surface area contributed by atoms with Gasteiger partial charge in [-0.3, -0.25) is 0 Å². The van der Waals surface area contributed by atoms with Crippen molar-refractivity contribution in [1.29, 1.82) is 0 Å². The maximum Gasteiger partial charge on any atom is 0.0838 e. The van der Waals surface area contributed by atoms with E-state index in [9.17, 15) is 5.11 Å². The lowest BCUT2D eigenvalue weighted by molar-refractivity contribution is -0.0989. The summed E-state index contributed by atoms with van der Waals surface area (Å²) in [7, 11) is 0. The predicted octanol–water partition coefficient (Wildman–Crippen LogP) is 2.37. The summed E-state index contributed by atoms with van der Waals surface area (Å²) < 4.78 is 11.4. The van der Waals surface area contributed by atoms with Gasteiger partial charge in [0.2, 0.25) is 0 Å². The van der Waals surface area contributed by atoms with Crippen LogP contribution >= 0.6 is 0 Å². The van der Waals surface area contributed by atoms with Crippen molar-refractivity contribution in [3.8, 4) is 0 Å². The Hall–Kier alpha value is -0.120. The molecule has 1 heterocycles. The summed E-state index contributed by atoms with van der Waals surface area (Å²) in [4.78, 5) is 0. The Morgan fingerprint density at radius 1 is 1.29 bits per heavy atom. The highest BCUT2D eigenvalue weighted by Crippen LogP contribution is 2.32. The van der Waals surface area contributed by atoms with Crippen LogP contribution in [0.2, 0.25) is 0 Å². The summed E-state index contributed by atoms with van der Waals surface area (Å²) in [6.45, 7) is 6.06. The zero-order valence-corrected chi connectivity index (χ0v) is 11.1. The van der Waals surface area contributed by atoms with E-state index in [0.29, 0.717) is 18.4 Å². The minimum Gasteiger partial charge on any atom is -0.390 e. The zero-order valence-electron chi connectivity index (χ0n) is 11.1. The third-order valence-electron chi connectivity index (χ3n) is 4.26. The van der Waals surface area contributed by atoms with Gasteiger partial charge in [0.1, 0.15) is 0 Å². The van der Waals surface area contributed by atoms with E-state index in [1.165, 1.54) is 0 Å². The molecule has 1 aliphatic carbocycles. The van der Waals surface area contributed by atoms with Gasteiger partial charge in [0, 0.05) is 6.61 Å². The number of hydrogen-bond donors (Lipinski definition) is 1. The first-order valence-electron chi connectivity index (χ1n) is 7.08. The standard InChI is InChI=1S/C14H26O3/c1-10(2)11-5-6-13(15)14(8-11)17-9-12-4-3-7-16-12/h10-15H,3-9H2,1-2H3. The zero-order chi connectivity index (χ0) is 12.3. The molecule has 0 spiro atoms. The Balaban J connectivity index is 1.76. The van der Waals surface area contributed by atoms with Crippen LogP contribution in [0.5, 0.6) is 0 Å². The quantitative estimate of drug-likeness (QED) is 0.822. The molecule has 2 fully saturated rings. The summed E-state index contributed by atoms with van der Waals surface area (Å²) >= 11 is 0. The van der Waals surface area contributed by atoms with E-state index in [2.05, 4.69) is 13.8 Å². The average Bonchev–Trinajstić information content (AvgIpc) is 2.80. The Morgan fingerprint density at radius 3 is 2.76 bits per heavy atom. The van der Waals surface area contributed by atoms with E-state index in [4.69, 9.17) is 9.47 Å². The molecule has 1 saturated carbocycles. The number of ether oxygens (including phenoxy) is 2. The minimum absolute atomic E-state index is 0.0281. The largest absolute Gasteiger partial charge is 0.390 e. The molecule has 0 aromatic heterocycles. The molecular weight excluding hydrogens is 216 g/mol. The van der Waals surface area contributed by atoms with Gasteiger partial charge in [-0.05, 0) is 43.9 Å². The normalized spacial score (nSPS) is 38.8. The molecule has 0 aromatic carbocycles.